The van der Waals surface area contributed by atoms with E-state index in [4.69, 9.17) is 4.74 Å². The van der Waals surface area contributed by atoms with E-state index in [1.807, 2.05) is 0 Å². The first kappa shape index (κ1) is 12.4. The summed E-state index contributed by atoms with van der Waals surface area (Å²) in [5.74, 6) is 0. The molecule has 2 fully saturated rings. The quantitative estimate of drug-likeness (QED) is 0.726. The summed E-state index contributed by atoms with van der Waals surface area (Å²) >= 11 is 0. The summed E-state index contributed by atoms with van der Waals surface area (Å²) in [5, 5.41) is 3.64. The molecular weight excluding hydrogens is 198 g/mol. The van der Waals surface area contributed by atoms with Gasteiger partial charge in [0, 0.05) is 12.6 Å². The van der Waals surface area contributed by atoms with Crippen LogP contribution < -0.4 is 5.32 Å². The number of hydrogen-bond donors (Lipinski definition) is 1. The van der Waals surface area contributed by atoms with Crippen LogP contribution in [0.25, 0.3) is 0 Å². The molecule has 0 saturated heterocycles. The summed E-state index contributed by atoms with van der Waals surface area (Å²) in [4.78, 5) is 0. The van der Waals surface area contributed by atoms with Crippen molar-refractivity contribution in [3.05, 3.63) is 0 Å². The molecular formula is C14H27NO. The Balaban J connectivity index is 1.51. The van der Waals surface area contributed by atoms with Gasteiger partial charge in [-0.3, -0.25) is 0 Å². The summed E-state index contributed by atoms with van der Waals surface area (Å²) in [5.41, 5.74) is 0.560. The Kier molecular flexibility index (Phi) is 4.26. The van der Waals surface area contributed by atoms with Crippen molar-refractivity contribution in [1.82, 2.24) is 5.32 Å². The predicted octanol–water partition coefficient (Wildman–Crippen LogP) is 3.11. The Morgan fingerprint density at radius 2 is 1.94 bits per heavy atom. The molecule has 0 amide bonds. The van der Waals surface area contributed by atoms with Gasteiger partial charge in [0.25, 0.3) is 0 Å². The third-order valence-electron chi connectivity index (χ3n) is 4.16. The number of ether oxygens (including phenoxy) is 1. The molecule has 0 spiro atoms. The van der Waals surface area contributed by atoms with Gasteiger partial charge in [-0.05, 0) is 37.5 Å². The van der Waals surface area contributed by atoms with E-state index in [1.165, 1.54) is 44.9 Å². The Hall–Kier alpha value is -0.0800. The zero-order valence-electron chi connectivity index (χ0n) is 10.9. The van der Waals surface area contributed by atoms with Gasteiger partial charge in [-0.25, -0.2) is 0 Å². The third kappa shape index (κ3) is 3.74. The van der Waals surface area contributed by atoms with Crippen LogP contribution in [-0.2, 0) is 4.74 Å². The molecule has 0 radical (unpaired) electrons. The summed E-state index contributed by atoms with van der Waals surface area (Å²) in [7, 11) is 0. The standard InChI is InChI=1S/C14H27NO/c1-14(2)8-7-12(11-14)15-9-10-16-13-5-3-4-6-13/h12-13,15H,3-11H2,1-2H3. The van der Waals surface area contributed by atoms with Gasteiger partial charge in [0.05, 0.1) is 12.7 Å². The molecule has 2 aliphatic carbocycles. The van der Waals surface area contributed by atoms with Crippen molar-refractivity contribution in [3.63, 3.8) is 0 Å². The molecule has 1 unspecified atom stereocenters. The molecule has 2 saturated carbocycles. The molecule has 2 heteroatoms. The van der Waals surface area contributed by atoms with E-state index in [1.54, 1.807) is 0 Å². The molecule has 2 aliphatic rings. The maximum absolute atomic E-state index is 5.85. The van der Waals surface area contributed by atoms with Crippen molar-refractivity contribution in [2.75, 3.05) is 13.2 Å². The largest absolute Gasteiger partial charge is 0.377 e. The van der Waals surface area contributed by atoms with Gasteiger partial charge in [-0.15, -0.1) is 0 Å². The van der Waals surface area contributed by atoms with Crippen LogP contribution in [0, 0.1) is 5.41 Å². The van der Waals surface area contributed by atoms with Crippen molar-refractivity contribution >= 4 is 0 Å². The Morgan fingerprint density at radius 1 is 1.19 bits per heavy atom. The highest BCUT2D eigenvalue weighted by atomic mass is 16.5. The molecule has 0 aromatic heterocycles. The third-order valence-corrected chi connectivity index (χ3v) is 4.16. The van der Waals surface area contributed by atoms with Crippen molar-refractivity contribution in [2.45, 2.75) is 70.9 Å². The highest BCUT2D eigenvalue weighted by molar-refractivity contribution is 4.86. The summed E-state index contributed by atoms with van der Waals surface area (Å²) in [6.07, 6.45) is 9.93. The minimum atomic E-state index is 0.560. The van der Waals surface area contributed by atoms with E-state index >= 15 is 0 Å². The van der Waals surface area contributed by atoms with Crippen LogP contribution in [0.5, 0.6) is 0 Å². The topological polar surface area (TPSA) is 21.3 Å². The van der Waals surface area contributed by atoms with Gasteiger partial charge in [0.1, 0.15) is 0 Å². The Morgan fingerprint density at radius 3 is 2.56 bits per heavy atom. The summed E-state index contributed by atoms with van der Waals surface area (Å²) in [6, 6.07) is 0.738. The van der Waals surface area contributed by atoms with Gasteiger partial charge in [0.15, 0.2) is 0 Å². The van der Waals surface area contributed by atoms with Gasteiger partial charge in [0.2, 0.25) is 0 Å². The lowest BCUT2D eigenvalue weighted by Gasteiger charge is -2.18. The smallest absolute Gasteiger partial charge is 0.0594 e. The maximum atomic E-state index is 5.85. The average Bonchev–Trinajstić information content (AvgIpc) is 2.82. The second-order valence-corrected chi connectivity index (χ2v) is 6.34. The monoisotopic (exact) mass is 225 g/mol. The minimum Gasteiger partial charge on any atom is -0.377 e. The fraction of sp³-hybridized carbons (Fsp3) is 1.00. The maximum Gasteiger partial charge on any atom is 0.0594 e. The number of nitrogens with one attached hydrogen (secondary N) is 1. The zero-order chi connectivity index (χ0) is 11.4. The van der Waals surface area contributed by atoms with Crippen molar-refractivity contribution < 1.29 is 4.74 Å². The van der Waals surface area contributed by atoms with Crippen LogP contribution in [0.4, 0.5) is 0 Å². The first-order valence-electron chi connectivity index (χ1n) is 7.01. The van der Waals surface area contributed by atoms with Crippen LogP contribution in [0.2, 0.25) is 0 Å². The van der Waals surface area contributed by atoms with Crippen LogP contribution in [0.1, 0.15) is 58.8 Å². The zero-order valence-corrected chi connectivity index (χ0v) is 10.9. The fourth-order valence-electron chi connectivity index (χ4n) is 3.15. The highest BCUT2D eigenvalue weighted by Crippen LogP contribution is 2.36. The molecule has 94 valence electrons. The lowest BCUT2D eigenvalue weighted by atomic mass is 9.92. The van der Waals surface area contributed by atoms with Crippen LogP contribution >= 0.6 is 0 Å². The summed E-state index contributed by atoms with van der Waals surface area (Å²) < 4.78 is 5.85. The first-order chi connectivity index (χ1) is 7.66. The molecule has 0 bridgehead atoms. The Labute approximate surface area is 100 Å². The van der Waals surface area contributed by atoms with Crippen LogP contribution in [-0.4, -0.2) is 25.3 Å². The van der Waals surface area contributed by atoms with E-state index in [-0.39, 0.29) is 0 Å². The molecule has 16 heavy (non-hydrogen) atoms. The predicted molar refractivity (Wildman–Crippen MR) is 67.6 cm³/mol. The number of rotatable bonds is 5. The second kappa shape index (κ2) is 5.50. The van der Waals surface area contributed by atoms with E-state index < -0.39 is 0 Å². The van der Waals surface area contributed by atoms with Crippen molar-refractivity contribution in [3.8, 4) is 0 Å². The molecule has 1 N–H and O–H groups in total. The van der Waals surface area contributed by atoms with Gasteiger partial charge >= 0.3 is 0 Å². The lowest BCUT2D eigenvalue weighted by Crippen LogP contribution is -2.31. The highest BCUT2D eigenvalue weighted by Gasteiger charge is 2.30. The van der Waals surface area contributed by atoms with Gasteiger partial charge < -0.3 is 10.1 Å². The fourth-order valence-corrected chi connectivity index (χ4v) is 3.15. The van der Waals surface area contributed by atoms with Gasteiger partial charge in [-0.2, -0.15) is 0 Å². The van der Waals surface area contributed by atoms with E-state index in [2.05, 4.69) is 19.2 Å². The van der Waals surface area contributed by atoms with Crippen LogP contribution in [0.3, 0.4) is 0 Å². The first-order valence-corrected chi connectivity index (χ1v) is 7.01. The van der Waals surface area contributed by atoms with E-state index in [0.717, 1.165) is 19.2 Å². The van der Waals surface area contributed by atoms with Crippen LogP contribution in [0.15, 0.2) is 0 Å². The molecule has 2 rings (SSSR count). The normalized spacial score (nSPS) is 30.0. The van der Waals surface area contributed by atoms with Gasteiger partial charge in [-0.1, -0.05) is 26.7 Å². The average molecular weight is 225 g/mol. The van der Waals surface area contributed by atoms with E-state index in [0.29, 0.717) is 11.5 Å². The molecule has 1 atom stereocenters. The number of hydrogen-bond acceptors (Lipinski definition) is 2. The SMILES string of the molecule is CC1(C)CCC(NCCOC2CCCC2)C1. The van der Waals surface area contributed by atoms with E-state index in [9.17, 15) is 0 Å². The molecule has 0 aromatic carbocycles. The molecule has 0 aliphatic heterocycles. The van der Waals surface area contributed by atoms with Crippen molar-refractivity contribution in [1.29, 1.82) is 0 Å². The molecule has 0 heterocycles. The minimum absolute atomic E-state index is 0.560. The molecule has 2 nitrogen and oxygen atoms in total. The van der Waals surface area contributed by atoms with Crippen molar-refractivity contribution in [2.24, 2.45) is 5.41 Å². The molecule has 0 aromatic rings. The second-order valence-electron chi connectivity index (χ2n) is 6.34. The lowest BCUT2D eigenvalue weighted by molar-refractivity contribution is 0.0590. The Bertz CT molecular complexity index is 209. The summed E-state index contributed by atoms with van der Waals surface area (Å²) in [6.45, 7) is 6.70.